The van der Waals surface area contributed by atoms with Gasteiger partial charge in [-0.15, -0.1) is 0 Å². The summed E-state index contributed by atoms with van der Waals surface area (Å²) < 4.78 is 12.9. The largest absolute Gasteiger partial charge is 0.328 e. The van der Waals surface area contributed by atoms with Gasteiger partial charge >= 0.3 is 17.2 Å². The standard InChI is InChI=1S/C12H16Br4O6P2/c1-11(2,21-23(17)18)5-7(13)9(15)6(10(16)8(5)14)12(3,4)22-24(19)20/h17-20H,1-4H3. The fraction of sp³-hybridized carbons (Fsp3) is 0.500. The normalized spacial score (nSPS) is 13.2. The fourth-order valence-corrected chi connectivity index (χ4v) is 7.22. The number of halogens is 4. The Morgan fingerprint density at radius 1 is 0.625 bits per heavy atom. The van der Waals surface area contributed by atoms with Crippen molar-refractivity contribution in [3.63, 3.8) is 0 Å². The highest BCUT2D eigenvalue weighted by Crippen LogP contribution is 2.53. The van der Waals surface area contributed by atoms with Crippen molar-refractivity contribution in [3.05, 3.63) is 29.0 Å². The van der Waals surface area contributed by atoms with Crippen LogP contribution >= 0.6 is 80.9 Å². The molecule has 24 heavy (non-hydrogen) atoms. The van der Waals surface area contributed by atoms with Crippen LogP contribution in [0.25, 0.3) is 0 Å². The van der Waals surface area contributed by atoms with Crippen LogP contribution in [-0.4, -0.2) is 19.6 Å². The molecule has 0 saturated heterocycles. The van der Waals surface area contributed by atoms with Gasteiger partial charge in [-0.05, 0) is 91.4 Å². The molecule has 6 nitrogen and oxygen atoms in total. The third-order valence-electron chi connectivity index (χ3n) is 3.09. The van der Waals surface area contributed by atoms with Gasteiger partial charge in [-0.3, -0.25) is 0 Å². The average Bonchev–Trinajstić information content (AvgIpc) is 2.32. The van der Waals surface area contributed by atoms with E-state index in [4.69, 9.17) is 9.05 Å². The van der Waals surface area contributed by atoms with Crippen molar-refractivity contribution < 1.29 is 28.6 Å². The van der Waals surface area contributed by atoms with Gasteiger partial charge in [0.15, 0.2) is 0 Å². The summed E-state index contributed by atoms with van der Waals surface area (Å²) in [5.74, 6) is 0. The SMILES string of the molecule is CC(C)(OP(O)O)c1c(Br)c(Br)c(C(C)(C)OP(O)O)c(Br)c1Br. The molecule has 1 rings (SSSR count). The lowest BCUT2D eigenvalue weighted by Crippen LogP contribution is -2.25. The highest BCUT2D eigenvalue weighted by molar-refractivity contribution is 9.14. The van der Waals surface area contributed by atoms with Gasteiger partial charge in [0.1, 0.15) is 0 Å². The van der Waals surface area contributed by atoms with E-state index in [0.717, 1.165) is 0 Å². The molecule has 138 valence electrons. The average molecular weight is 638 g/mol. The maximum Gasteiger partial charge on any atom is 0.327 e. The molecule has 0 fully saturated rings. The van der Waals surface area contributed by atoms with Crippen LogP contribution in [0, 0.1) is 0 Å². The molecule has 4 N–H and O–H groups in total. The smallest absolute Gasteiger partial charge is 0.327 e. The zero-order chi connectivity index (χ0) is 19.0. The van der Waals surface area contributed by atoms with Crippen molar-refractivity contribution in [1.82, 2.24) is 0 Å². The van der Waals surface area contributed by atoms with Crippen molar-refractivity contribution >= 4 is 80.9 Å². The van der Waals surface area contributed by atoms with Crippen molar-refractivity contribution in [2.24, 2.45) is 0 Å². The molecule has 0 atom stereocenters. The minimum atomic E-state index is -2.56. The van der Waals surface area contributed by atoms with Crippen molar-refractivity contribution in [2.75, 3.05) is 0 Å². The molecule has 0 aliphatic heterocycles. The van der Waals surface area contributed by atoms with E-state index in [0.29, 0.717) is 29.0 Å². The molecular weight excluding hydrogens is 622 g/mol. The quantitative estimate of drug-likeness (QED) is 0.237. The van der Waals surface area contributed by atoms with Crippen LogP contribution < -0.4 is 0 Å². The van der Waals surface area contributed by atoms with Crippen LogP contribution in [0.5, 0.6) is 0 Å². The molecule has 0 bridgehead atoms. The van der Waals surface area contributed by atoms with Gasteiger partial charge in [0.25, 0.3) is 0 Å². The van der Waals surface area contributed by atoms with Crippen molar-refractivity contribution in [3.8, 4) is 0 Å². The number of rotatable bonds is 6. The second-order valence-electron chi connectivity index (χ2n) is 5.71. The molecule has 0 aromatic heterocycles. The minimum Gasteiger partial charge on any atom is -0.328 e. The van der Waals surface area contributed by atoms with E-state index in [1.807, 2.05) is 0 Å². The van der Waals surface area contributed by atoms with Gasteiger partial charge in [0.05, 0.1) is 11.2 Å². The van der Waals surface area contributed by atoms with Gasteiger partial charge in [0.2, 0.25) is 0 Å². The Hall–Kier alpha value is 1.76. The number of benzene rings is 1. The van der Waals surface area contributed by atoms with Gasteiger partial charge < -0.3 is 28.6 Å². The third-order valence-corrected chi connectivity index (χ3v) is 8.56. The molecule has 0 saturated carbocycles. The van der Waals surface area contributed by atoms with E-state index in [9.17, 15) is 19.6 Å². The Labute approximate surface area is 176 Å². The summed E-state index contributed by atoms with van der Waals surface area (Å²) in [5, 5.41) is 0. The van der Waals surface area contributed by atoms with Crippen LogP contribution in [0.2, 0.25) is 0 Å². The molecule has 0 unspecified atom stereocenters. The second kappa shape index (κ2) is 8.84. The monoisotopic (exact) mass is 634 g/mol. The lowest BCUT2D eigenvalue weighted by atomic mass is 9.92. The molecule has 12 heteroatoms. The van der Waals surface area contributed by atoms with E-state index in [2.05, 4.69) is 63.7 Å². The number of hydrogen-bond donors (Lipinski definition) is 4. The van der Waals surface area contributed by atoms with E-state index in [1.54, 1.807) is 27.7 Å². The summed E-state index contributed by atoms with van der Waals surface area (Å²) >= 11 is 14.0. The topological polar surface area (TPSA) is 99.4 Å². The van der Waals surface area contributed by atoms with Crippen LogP contribution in [0.3, 0.4) is 0 Å². The first kappa shape index (κ1) is 23.8. The van der Waals surface area contributed by atoms with E-state index in [-0.39, 0.29) is 0 Å². The molecule has 0 amide bonds. The third kappa shape index (κ3) is 5.40. The summed E-state index contributed by atoms with van der Waals surface area (Å²) in [6.45, 7) is 6.78. The Kier molecular flexibility index (Phi) is 8.77. The molecule has 1 aromatic rings. The van der Waals surface area contributed by atoms with E-state index < -0.39 is 28.4 Å². The molecule has 0 heterocycles. The first-order valence-electron chi connectivity index (χ1n) is 6.33. The second-order valence-corrected chi connectivity index (χ2v) is 10.3. The maximum atomic E-state index is 9.22. The molecule has 0 aliphatic carbocycles. The van der Waals surface area contributed by atoms with E-state index in [1.165, 1.54) is 0 Å². The minimum absolute atomic E-state index is 0.603. The fourth-order valence-electron chi connectivity index (χ4n) is 2.19. The predicted molar refractivity (Wildman–Crippen MR) is 108 cm³/mol. The van der Waals surface area contributed by atoms with Crippen molar-refractivity contribution in [2.45, 2.75) is 38.9 Å². The van der Waals surface area contributed by atoms with Crippen molar-refractivity contribution in [1.29, 1.82) is 0 Å². The highest BCUT2D eigenvalue weighted by atomic mass is 79.9. The number of hydrogen-bond acceptors (Lipinski definition) is 6. The van der Waals surface area contributed by atoms with E-state index >= 15 is 0 Å². The van der Waals surface area contributed by atoms with Crippen LogP contribution in [0.15, 0.2) is 17.9 Å². The Morgan fingerprint density at radius 3 is 1.00 bits per heavy atom. The Balaban J connectivity index is 3.63. The first-order valence-corrected chi connectivity index (χ1v) is 11.8. The summed E-state index contributed by atoms with van der Waals surface area (Å²) in [7, 11) is -5.12. The molecule has 0 aliphatic rings. The summed E-state index contributed by atoms with van der Waals surface area (Å²) in [5.41, 5.74) is -0.789. The Bertz CT molecular complexity index is 542. The molecular formula is C12H16Br4O6P2. The lowest BCUT2D eigenvalue weighted by Gasteiger charge is -2.33. The zero-order valence-electron chi connectivity index (χ0n) is 13.0. The van der Waals surface area contributed by atoms with Crippen LogP contribution in [0.4, 0.5) is 0 Å². The summed E-state index contributed by atoms with van der Waals surface area (Å²) in [4.78, 5) is 36.9. The first-order chi connectivity index (χ1) is 10.7. The predicted octanol–water partition coefficient (Wildman–Crippen LogP) is 5.66. The van der Waals surface area contributed by atoms with Crippen LogP contribution in [0.1, 0.15) is 38.8 Å². The maximum absolute atomic E-state index is 9.22. The summed E-state index contributed by atoms with van der Waals surface area (Å²) in [6.07, 6.45) is 0. The molecule has 1 aromatic carbocycles. The van der Waals surface area contributed by atoms with Gasteiger partial charge in [-0.1, -0.05) is 0 Å². The molecule has 0 radical (unpaired) electrons. The molecule has 0 spiro atoms. The lowest BCUT2D eigenvalue weighted by molar-refractivity contribution is 0.0826. The zero-order valence-corrected chi connectivity index (χ0v) is 21.1. The Morgan fingerprint density at radius 2 is 0.833 bits per heavy atom. The summed E-state index contributed by atoms with van der Waals surface area (Å²) in [6, 6.07) is 0. The van der Waals surface area contributed by atoms with Gasteiger partial charge in [-0.2, -0.15) is 0 Å². The van der Waals surface area contributed by atoms with Gasteiger partial charge in [0, 0.05) is 29.0 Å². The van der Waals surface area contributed by atoms with Crippen LogP contribution in [-0.2, 0) is 20.2 Å². The highest BCUT2D eigenvalue weighted by Gasteiger charge is 2.37. The van der Waals surface area contributed by atoms with Gasteiger partial charge in [-0.25, -0.2) is 0 Å².